The number of likely N-dealkylation sites (tertiary alicyclic amines) is 1. The number of hydrogen-bond acceptors (Lipinski definition) is 5. The van der Waals surface area contributed by atoms with Gasteiger partial charge in [0.15, 0.2) is 0 Å². The van der Waals surface area contributed by atoms with Crippen LogP contribution in [0.5, 0.6) is 5.75 Å². The smallest absolute Gasteiger partial charge is 0.138 e. The second kappa shape index (κ2) is 6.01. The Balaban J connectivity index is 1.39. The molecular formula is C17H20N4O. The molecule has 22 heavy (non-hydrogen) atoms. The highest BCUT2D eigenvalue weighted by molar-refractivity contribution is 5.16. The van der Waals surface area contributed by atoms with Crippen molar-refractivity contribution in [3.05, 3.63) is 48.8 Å². The summed E-state index contributed by atoms with van der Waals surface area (Å²) in [5.74, 6) is 2.28. The summed E-state index contributed by atoms with van der Waals surface area (Å²) in [6.07, 6.45) is 11.7. The molecule has 5 heteroatoms. The van der Waals surface area contributed by atoms with E-state index in [0.717, 1.165) is 37.7 Å². The van der Waals surface area contributed by atoms with E-state index in [2.05, 4.69) is 19.9 Å². The van der Waals surface area contributed by atoms with E-state index in [-0.39, 0.29) is 0 Å². The summed E-state index contributed by atoms with van der Waals surface area (Å²) in [7, 11) is 0. The van der Waals surface area contributed by atoms with Crippen molar-refractivity contribution in [2.45, 2.75) is 25.5 Å². The maximum atomic E-state index is 6.17. The van der Waals surface area contributed by atoms with Crippen molar-refractivity contribution in [2.75, 3.05) is 13.1 Å². The van der Waals surface area contributed by atoms with Crippen LogP contribution in [0.2, 0.25) is 0 Å². The molecule has 0 radical (unpaired) electrons. The van der Waals surface area contributed by atoms with Crippen LogP contribution in [0.4, 0.5) is 0 Å². The van der Waals surface area contributed by atoms with Crippen LogP contribution >= 0.6 is 0 Å². The summed E-state index contributed by atoms with van der Waals surface area (Å²) in [6, 6.07) is 3.92. The van der Waals surface area contributed by atoms with Gasteiger partial charge in [-0.15, -0.1) is 0 Å². The number of ether oxygens (including phenoxy) is 1. The molecule has 114 valence electrons. The van der Waals surface area contributed by atoms with Crippen molar-refractivity contribution in [3.63, 3.8) is 0 Å². The zero-order chi connectivity index (χ0) is 14.8. The molecular weight excluding hydrogens is 276 g/mol. The van der Waals surface area contributed by atoms with Gasteiger partial charge in [0.05, 0.1) is 6.20 Å². The first-order valence-electron chi connectivity index (χ1n) is 7.91. The summed E-state index contributed by atoms with van der Waals surface area (Å²) in [6.45, 7) is 3.20. The Morgan fingerprint density at radius 2 is 2.00 bits per heavy atom. The van der Waals surface area contributed by atoms with Gasteiger partial charge in [-0.3, -0.25) is 9.88 Å². The molecule has 5 nitrogen and oxygen atoms in total. The van der Waals surface area contributed by atoms with Gasteiger partial charge >= 0.3 is 0 Å². The van der Waals surface area contributed by atoms with Gasteiger partial charge in [0.25, 0.3) is 0 Å². The van der Waals surface area contributed by atoms with Crippen molar-refractivity contribution in [3.8, 4) is 5.75 Å². The third-order valence-electron chi connectivity index (χ3n) is 4.81. The maximum Gasteiger partial charge on any atom is 0.138 e. The summed E-state index contributed by atoms with van der Waals surface area (Å²) in [4.78, 5) is 14.8. The first kappa shape index (κ1) is 13.6. The molecule has 4 rings (SSSR count). The Hall–Kier alpha value is -2.01. The lowest BCUT2D eigenvalue weighted by atomic mass is 9.99. The van der Waals surface area contributed by atoms with Gasteiger partial charge in [-0.2, -0.15) is 0 Å². The molecule has 1 saturated heterocycles. The number of fused-ring (bicyclic) bond motifs is 1. The van der Waals surface area contributed by atoms with Gasteiger partial charge in [0.1, 0.15) is 18.2 Å². The zero-order valence-corrected chi connectivity index (χ0v) is 12.5. The Morgan fingerprint density at radius 1 is 1.09 bits per heavy atom. The molecule has 0 N–H and O–H groups in total. The van der Waals surface area contributed by atoms with E-state index in [9.17, 15) is 0 Å². The molecule has 2 fully saturated rings. The first-order valence-corrected chi connectivity index (χ1v) is 7.91. The Kier molecular flexibility index (Phi) is 3.72. The van der Waals surface area contributed by atoms with Crippen LogP contribution in [-0.4, -0.2) is 39.0 Å². The SMILES string of the molecule is c1cncc(O[C@@H]2CC[C@@H]3CN(Cc4cncnc4)C[C@@H]32)c1. The van der Waals surface area contributed by atoms with E-state index < -0.39 is 0 Å². The van der Waals surface area contributed by atoms with Crippen LogP contribution in [0, 0.1) is 11.8 Å². The molecule has 2 aromatic rings. The summed E-state index contributed by atoms with van der Waals surface area (Å²) < 4.78 is 6.17. The minimum absolute atomic E-state index is 0.325. The topological polar surface area (TPSA) is 51.1 Å². The normalized spacial score (nSPS) is 27.7. The van der Waals surface area contributed by atoms with Crippen molar-refractivity contribution in [2.24, 2.45) is 11.8 Å². The second-order valence-electron chi connectivity index (χ2n) is 6.29. The number of aromatic nitrogens is 3. The van der Waals surface area contributed by atoms with Crippen LogP contribution in [-0.2, 0) is 6.54 Å². The highest BCUT2D eigenvalue weighted by Gasteiger charge is 2.43. The molecule has 2 aliphatic rings. The summed E-state index contributed by atoms with van der Waals surface area (Å²) in [5, 5.41) is 0. The van der Waals surface area contributed by atoms with Crippen molar-refractivity contribution in [1.82, 2.24) is 19.9 Å². The third kappa shape index (κ3) is 2.81. The van der Waals surface area contributed by atoms with E-state index in [1.54, 1.807) is 18.7 Å². The van der Waals surface area contributed by atoms with Crippen LogP contribution in [0.25, 0.3) is 0 Å². The number of hydrogen-bond donors (Lipinski definition) is 0. The van der Waals surface area contributed by atoms with E-state index in [1.165, 1.54) is 12.0 Å². The number of rotatable bonds is 4. The van der Waals surface area contributed by atoms with E-state index in [4.69, 9.17) is 4.74 Å². The molecule has 1 saturated carbocycles. The molecule has 0 unspecified atom stereocenters. The number of pyridine rings is 1. The highest BCUT2D eigenvalue weighted by atomic mass is 16.5. The van der Waals surface area contributed by atoms with Crippen molar-refractivity contribution >= 4 is 0 Å². The highest BCUT2D eigenvalue weighted by Crippen LogP contribution is 2.40. The largest absolute Gasteiger partial charge is 0.488 e. The monoisotopic (exact) mass is 296 g/mol. The van der Waals surface area contributed by atoms with Crippen LogP contribution in [0.15, 0.2) is 43.2 Å². The fourth-order valence-electron chi connectivity index (χ4n) is 3.84. The zero-order valence-electron chi connectivity index (χ0n) is 12.5. The lowest BCUT2D eigenvalue weighted by Crippen LogP contribution is -2.28. The number of nitrogens with zero attached hydrogens (tertiary/aromatic N) is 4. The average molecular weight is 296 g/mol. The van der Waals surface area contributed by atoms with E-state index in [1.807, 2.05) is 24.5 Å². The Bertz CT molecular complexity index is 607. The molecule has 2 aromatic heterocycles. The Labute approximate surface area is 130 Å². The van der Waals surface area contributed by atoms with Crippen LogP contribution in [0.3, 0.4) is 0 Å². The van der Waals surface area contributed by atoms with Gasteiger partial charge in [0.2, 0.25) is 0 Å². The molecule has 0 spiro atoms. The molecule has 3 atom stereocenters. The molecule has 0 aromatic carbocycles. The summed E-state index contributed by atoms with van der Waals surface area (Å²) >= 11 is 0. The maximum absolute atomic E-state index is 6.17. The molecule has 0 amide bonds. The van der Waals surface area contributed by atoms with Gasteiger partial charge in [0, 0.05) is 49.7 Å². The van der Waals surface area contributed by atoms with Gasteiger partial charge in [-0.05, 0) is 30.9 Å². The minimum Gasteiger partial charge on any atom is -0.488 e. The average Bonchev–Trinajstić information content (AvgIpc) is 3.11. The van der Waals surface area contributed by atoms with Gasteiger partial charge < -0.3 is 4.74 Å². The quantitative estimate of drug-likeness (QED) is 0.865. The second-order valence-corrected chi connectivity index (χ2v) is 6.29. The van der Waals surface area contributed by atoms with Gasteiger partial charge in [-0.25, -0.2) is 9.97 Å². The lowest BCUT2D eigenvalue weighted by molar-refractivity contribution is 0.147. The van der Waals surface area contributed by atoms with Gasteiger partial charge in [-0.1, -0.05) is 0 Å². The first-order chi connectivity index (χ1) is 10.9. The molecule has 0 bridgehead atoms. The van der Waals surface area contributed by atoms with Crippen LogP contribution < -0.4 is 4.74 Å². The van der Waals surface area contributed by atoms with E-state index in [0.29, 0.717) is 12.0 Å². The molecule has 3 heterocycles. The fourth-order valence-corrected chi connectivity index (χ4v) is 3.84. The van der Waals surface area contributed by atoms with Crippen molar-refractivity contribution in [1.29, 1.82) is 0 Å². The van der Waals surface area contributed by atoms with Crippen LogP contribution in [0.1, 0.15) is 18.4 Å². The predicted molar refractivity (Wildman–Crippen MR) is 82.2 cm³/mol. The standard InChI is InChI=1S/C17H20N4O/c1-2-15(8-18-5-1)22-17-4-3-14-10-21(11-16(14)17)9-13-6-19-12-20-7-13/h1-2,5-8,12,14,16-17H,3-4,9-11H2/t14-,16+,17-/m1/s1. The molecule has 1 aliphatic heterocycles. The minimum atomic E-state index is 0.325. The fraction of sp³-hybridized carbons (Fsp3) is 0.471. The van der Waals surface area contributed by atoms with Crippen molar-refractivity contribution < 1.29 is 4.74 Å². The van der Waals surface area contributed by atoms with E-state index >= 15 is 0 Å². The molecule has 1 aliphatic carbocycles. The predicted octanol–water partition coefficient (Wildman–Crippen LogP) is 2.16. The lowest BCUT2D eigenvalue weighted by Gasteiger charge is -2.21. The third-order valence-corrected chi connectivity index (χ3v) is 4.81. The Morgan fingerprint density at radius 3 is 2.82 bits per heavy atom. The summed E-state index contributed by atoms with van der Waals surface area (Å²) in [5.41, 5.74) is 1.19.